The smallest absolute Gasteiger partial charge is 0.254 e. The normalized spacial score (nSPS) is 12.9. The van der Waals surface area contributed by atoms with Crippen molar-refractivity contribution in [2.45, 2.75) is 25.8 Å². The van der Waals surface area contributed by atoms with Crippen LogP contribution in [0.3, 0.4) is 0 Å². The van der Waals surface area contributed by atoms with Crippen molar-refractivity contribution in [2.24, 2.45) is 0 Å². The summed E-state index contributed by atoms with van der Waals surface area (Å²) in [6.45, 7) is 1.74. The van der Waals surface area contributed by atoms with Crippen molar-refractivity contribution in [3.05, 3.63) is 64.1 Å². The van der Waals surface area contributed by atoms with Gasteiger partial charge in [-0.15, -0.1) is 0 Å². The molecular weight excluding hydrogens is 422 g/mol. The zero-order chi connectivity index (χ0) is 20.1. The molecule has 7 heteroatoms. The Balaban J connectivity index is 1.52. The minimum Gasteiger partial charge on any atom is -0.345 e. The molecule has 0 heterocycles. The lowest BCUT2D eigenvalue weighted by molar-refractivity contribution is -0.124. The monoisotopic (exact) mass is 443 g/mol. The van der Waals surface area contributed by atoms with Crippen LogP contribution in [0.2, 0.25) is 0 Å². The minimum absolute atomic E-state index is 0.0582. The van der Waals surface area contributed by atoms with Gasteiger partial charge in [0.25, 0.3) is 5.91 Å². The van der Waals surface area contributed by atoms with Crippen molar-refractivity contribution < 1.29 is 14.4 Å². The predicted molar refractivity (Wildman–Crippen MR) is 111 cm³/mol. The van der Waals surface area contributed by atoms with E-state index in [0.29, 0.717) is 11.3 Å². The second kappa shape index (κ2) is 9.01. The molecule has 0 aromatic heterocycles. The fourth-order valence-corrected chi connectivity index (χ4v) is 3.09. The first-order chi connectivity index (χ1) is 13.4. The molecular formula is C21H22BrN3O3. The van der Waals surface area contributed by atoms with E-state index in [-0.39, 0.29) is 36.9 Å². The van der Waals surface area contributed by atoms with Crippen LogP contribution in [-0.2, 0) is 9.59 Å². The summed E-state index contributed by atoms with van der Waals surface area (Å²) in [5.74, 6) is -0.831. The van der Waals surface area contributed by atoms with Gasteiger partial charge in [0.15, 0.2) is 0 Å². The van der Waals surface area contributed by atoms with E-state index < -0.39 is 0 Å². The molecule has 0 aliphatic heterocycles. The van der Waals surface area contributed by atoms with E-state index in [2.05, 4.69) is 26.6 Å². The van der Waals surface area contributed by atoms with Crippen LogP contribution in [0.5, 0.6) is 0 Å². The van der Waals surface area contributed by atoms with Gasteiger partial charge < -0.3 is 15.5 Å². The van der Waals surface area contributed by atoms with E-state index in [4.69, 9.17) is 0 Å². The summed E-state index contributed by atoms with van der Waals surface area (Å²) in [7, 11) is 0. The molecule has 3 rings (SSSR count). The van der Waals surface area contributed by atoms with Crippen LogP contribution in [0.1, 0.15) is 28.8 Å². The number of hydrogen-bond acceptors (Lipinski definition) is 3. The fourth-order valence-electron chi connectivity index (χ4n) is 2.83. The quantitative estimate of drug-likeness (QED) is 0.689. The largest absolute Gasteiger partial charge is 0.345 e. The van der Waals surface area contributed by atoms with Gasteiger partial charge in [0.1, 0.15) is 6.54 Å². The Bertz CT molecular complexity index is 879. The molecule has 6 nitrogen and oxygen atoms in total. The Morgan fingerprint density at radius 2 is 1.79 bits per heavy atom. The van der Waals surface area contributed by atoms with E-state index in [1.807, 2.05) is 25.1 Å². The van der Waals surface area contributed by atoms with Crippen molar-refractivity contribution in [1.29, 1.82) is 0 Å². The Hall–Kier alpha value is -2.67. The van der Waals surface area contributed by atoms with Gasteiger partial charge in [0.05, 0.1) is 6.54 Å². The Labute approximate surface area is 172 Å². The van der Waals surface area contributed by atoms with Crippen molar-refractivity contribution in [3.63, 3.8) is 0 Å². The fraction of sp³-hybridized carbons (Fsp3) is 0.286. The van der Waals surface area contributed by atoms with Crippen LogP contribution in [0.15, 0.2) is 53.0 Å². The lowest BCUT2D eigenvalue weighted by Crippen LogP contribution is -2.43. The summed E-state index contributed by atoms with van der Waals surface area (Å²) in [6.07, 6.45) is 1.78. The van der Waals surface area contributed by atoms with Crippen LogP contribution < -0.4 is 10.6 Å². The highest BCUT2D eigenvalue weighted by atomic mass is 79.9. The standard InChI is InChI=1S/C21H22BrN3O3/c1-14-3-2-4-17(11-14)24-19(26)12-23-20(27)13-25(18-9-10-18)21(28)15-5-7-16(22)8-6-15/h2-8,11,18H,9-10,12-13H2,1H3,(H,23,27)(H,24,26). The number of hydrogen-bond donors (Lipinski definition) is 2. The SMILES string of the molecule is Cc1cccc(NC(=O)CNC(=O)CN(C(=O)c2ccc(Br)cc2)C2CC2)c1. The number of nitrogens with zero attached hydrogens (tertiary/aromatic N) is 1. The molecule has 1 aliphatic rings. The average molecular weight is 444 g/mol. The molecule has 2 N–H and O–H groups in total. The summed E-state index contributed by atoms with van der Waals surface area (Å²) in [5, 5.41) is 5.34. The molecule has 0 spiro atoms. The molecule has 0 bridgehead atoms. The maximum absolute atomic E-state index is 12.7. The highest BCUT2D eigenvalue weighted by molar-refractivity contribution is 9.10. The number of benzene rings is 2. The molecule has 0 saturated heterocycles. The van der Waals surface area contributed by atoms with Crippen LogP contribution >= 0.6 is 15.9 Å². The topological polar surface area (TPSA) is 78.5 Å². The second-order valence-corrected chi connectivity index (χ2v) is 7.78. The van der Waals surface area contributed by atoms with Gasteiger partial charge in [0, 0.05) is 21.8 Å². The van der Waals surface area contributed by atoms with Gasteiger partial charge in [-0.05, 0) is 61.7 Å². The van der Waals surface area contributed by atoms with Gasteiger partial charge in [-0.1, -0.05) is 28.1 Å². The van der Waals surface area contributed by atoms with Crippen molar-refractivity contribution in [1.82, 2.24) is 10.2 Å². The number of anilines is 1. The van der Waals surface area contributed by atoms with E-state index in [1.54, 1.807) is 35.2 Å². The van der Waals surface area contributed by atoms with Gasteiger partial charge in [0.2, 0.25) is 11.8 Å². The third-order valence-electron chi connectivity index (χ3n) is 4.40. The molecule has 28 heavy (non-hydrogen) atoms. The van der Waals surface area contributed by atoms with E-state index in [1.165, 1.54) is 0 Å². The maximum Gasteiger partial charge on any atom is 0.254 e. The van der Waals surface area contributed by atoms with Crippen LogP contribution in [0, 0.1) is 6.92 Å². The lowest BCUT2D eigenvalue weighted by atomic mass is 10.2. The van der Waals surface area contributed by atoms with Crippen LogP contribution in [0.4, 0.5) is 5.69 Å². The first kappa shape index (κ1) is 20.1. The number of amides is 3. The van der Waals surface area contributed by atoms with Gasteiger partial charge >= 0.3 is 0 Å². The first-order valence-corrected chi connectivity index (χ1v) is 9.91. The highest BCUT2D eigenvalue weighted by Crippen LogP contribution is 2.28. The Kier molecular flexibility index (Phi) is 6.46. The van der Waals surface area contributed by atoms with E-state index in [9.17, 15) is 14.4 Å². The molecule has 146 valence electrons. The molecule has 1 fully saturated rings. The summed E-state index contributed by atoms with van der Waals surface area (Å²) < 4.78 is 0.888. The van der Waals surface area contributed by atoms with Crippen LogP contribution in [0.25, 0.3) is 0 Å². The van der Waals surface area contributed by atoms with Crippen molar-refractivity contribution in [2.75, 3.05) is 18.4 Å². The summed E-state index contributed by atoms with van der Waals surface area (Å²) >= 11 is 3.35. The lowest BCUT2D eigenvalue weighted by Gasteiger charge is -2.22. The third kappa shape index (κ3) is 5.66. The van der Waals surface area contributed by atoms with Crippen molar-refractivity contribution in [3.8, 4) is 0 Å². The van der Waals surface area contributed by atoms with Gasteiger partial charge in [-0.25, -0.2) is 0 Å². The molecule has 0 atom stereocenters. The summed E-state index contributed by atoms with van der Waals surface area (Å²) in [6, 6.07) is 14.6. The van der Waals surface area contributed by atoms with Crippen molar-refractivity contribution >= 4 is 39.3 Å². The maximum atomic E-state index is 12.7. The number of aryl methyl sites for hydroxylation is 1. The van der Waals surface area contributed by atoms with E-state index in [0.717, 1.165) is 22.9 Å². The molecule has 2 aromatic rings. The third-order valence-corrected chi connectivity index (χ3v) is 4.93. The second-order valence-electron chi connectivity index (χ2n) is 6.87. The molecule has 3 amide bonds. The zero-order valence-corrected chi connectivity index (χ0v) is 17.2. The van der Waals surface area contributed by atoms with Gasteiger partial charge in [-0.3, -0.25) is 14.4 Å². The predicted octanol–water partition coefficient (Wildman–Crippen LogP) is 3.12. The minimum atomic E-state index is -0.350. The Morgan fingerprint density at radius 3 is 2.43 bits per heavy atom. The van der Waals surface area contributed by atoms with Crippen LogP contribution in [-0.4, -0.2) is 41.8 Å². The van der Waals surface area contributed by atoms with Gasteiger partial charge in [-0.2, -0.15) is 0 Å². The van der Waals surface area contributed by atoms with E-state index >= 15 is 0 Å². The zero-order valence-electron chi connectivity index (χ0n) is 15.6. The average Bonchev–Trinajstić information content (AvgIpc) is 3.50. The Morgan fingerprint density at radius 1 is 1.07 bits per heavy atom. The number of nitrogens with one attached hydrogen (secondary N) is 2. The highest BCUT2D eigenvalue weighted by Gasteiger charge is 2.34. The number of rotatable bonds is 7. The molecule has 2 aromatic carbocycles. The first-order valence-electron chi connectivity index (χ1n) is 9.12. The molecule has 0 unspecified atom stereocenters. The molecule has 1 aliphatic carbocycles. The summed E-state index contributed by atoms with van der Waals surface area (Å²) in [4.78, 5) is 38.6. The number of carbonyl (C=O) groups excluding carboxylic acids is 3. The number of carbonyl (C=O) groups is 3. The number of halogens is 1. The molecule has 1 saturated carbocycles. The summed E-state index contributed by atoms with van der Waals surface area (Å²) in [5.41, 5.74) is 2.26. The molecule has 0 radical (unpaired) electrons.